The Morgan fingerprint density at radius 3 is 2.60 bits per heavy atom. The monoisotopic (exact) mass is 356 g/mol. The molecule has 0 saturated heterocycles. The molecule has 1 aliphatic carbocycles. The van der Waals surface area contributed by atoms with Crippen LogP contribution in [0.2, 0.25) is 5.02 Å². The second-order valence-electron chi connectivity index (χ2n) is 6.60. The van der Waals surface area contributed by atoms with Crippen molar-refractivity contribution in [1.29, 1.82) is 0 Å². The van der Waals surface area contributed by atoms with Crippen molar-refractivity contribution in [2.45, 2.75) is 26.8 Å². The first-order valence-electron chi connectivity index (χ1n) is 8.34. The Labute approximate surface area is 152 Å². The summed E-state index contributed by atoms with van der Waals surface area (Å²) in [7, 11) is 0. The summed E-state index contributed by atoms with van der Waals surface area (Å²) in [5.74, 6) is -0.703. The smallest absolute Gasteiger partial charge is 0.228 e. The van der Waals surface area contributed by atoms with Crippen LogP contribution in [0.15, 0.2) is 42.5 Å². The van der Waals surface area contributed by atoms with Crippen molar-refractivity contribution < 1.29 is 9.59 Å². The summed E-state index contributed by atoms with van der Waals surface area (Å²) < 4.78 is 0. The first kappa shape index (κ1) is 17.5. The molecule has 2 unspecified atom stereocenters. The summed E-state index contributed by atoms with van der Waals surface area (Å²) in [5, 5.41) is 6.37. The Morgan fingerprint density at radius 2 is 1.84 bits per heavy atom. The minimum absolute atomic E-state index is 0.0653. The van der Waals surface area contributed by atoms with Gasteiger partial charge in [0.2, 0.25) is 11.8 Å². The molecule has 5 heteroatoms. The van der Waals surface area contributed by atoms with Crippen molar-refractivity contribution in [2.75, 3.05) is 5.32 Å². The maximum atomic E-state index is 12.3. The zero-order valence-electron chi connectivity index (χ0n) is 14.3. The fourth-order valence-electron chi connectivity index (χ4n) is 2.87. The summed E-state index contributed by atoms with van der Waals surface area (Å²) in [6.07, 6.45) is 0.588. The molecule has 25 heavy (non-hydrogen) atoms. The SMILES string of the molecule is Cc1cccc(CNC(=O)C2CC2C(=O)Nc2cc(Cl)ccc2C)c1. The first-order valence-corrected chi connectivity index (χ1v) is 8.72. The molecule has 0 aliphatic heterocycles. The average molecular weight is 357 g/mol. The molecule has 0 aromatic heterocycles. The minimum Gasteiger partial charge on any atom is -0.352 e. The van der Waals surface area contributed by atoms with Gasteiger partial charge in [-0.1, -0.05) is 47.5 Å². The van der Waals surface area contributed by atoms with E-state index in [0.29, 0.717) is 23.7 Å². The molecule has 1 fully saturated rings. The Bertz CT molecular complexity index is 819. The number of aryl methyl sites for hydroxylation is 2. The van der Waals surface area contributed by atoms with Gasteiger partial charge in [0.25, 0.3) is 0 Å². The lowest BCUT2D eigenvalue weighted by atomic mass is 10.1. The molecule has 1 aliphatic rings. The van der Waals surface area contributed by atoms with Crippen LogP contribution in [0.3, 0.4) is 0 Å². The largest absolute Gasteiger partial charge is 0.352 e. The number of hydrogen-bond donors (Lipinski definition) is 2. The van der Waals surface area contributed by atoms with Crippen LogP contribution in [0.25, 0.3) is 0 Å². The summed E-state index contributed by atoms with van der Waals surface area (Å²) >= 11 is 5.97. The Kier molecular flexibility index (Phi) is 5.09. The van der Waals surface area contributed by atoms with E-state index in [2.05, 4.69) is 10.6 Å². The molecule has 2 N–H and O–H groups in total. The molecule has 2 amide bonds. The number of hydrogen-bond acceptors (Lipinski definition) is 2. The van der Waals surface area contributed by atoms with Crippen LogP contribution in [-0.2, 0) is 16.1 Å². The standard InChI is InChI=1S/C20H21ClN2O2/c1-12-4-3-5-14(8-12)11-22-19(24)16-10-17(16)20(25)23-18-9-15(21)7-6-13(18)2/h3-9,16-17H,10-11H2,1-2H3,(H,22,24)(H,23,25). The van der Waals surface area contributed by atoms with Crippen LogP contribution in [0.5, 0.6) is 0 Å². The van der Waals surface area contributed by atoms with Crippen LogP contribution in [0, 0.1) is 25.7 Å². The second-order valence-corrected chi connectivity index (χ2v) is 7.04. The molecule has 2 aromatic rings. The van der Waals surface area contributed by atoms with E-state index in [4.69, 9.17) is 11.6 Å². The van der Waals surface area contributed by atoms with Gasteiger partial charge in [-0.15, -0.1) is 0 Å². The van der Waals surface area contributed by atoms with Crippen molar-refractivity contribution in [3.63, 3.8) is 0 Å². The normalized spacial score (nSPS) is 18.5. The minimum atomic E-state index is -0.268. The van der Waals surface area contributed by atoms with Crippen LogP contribution in [0.1, 0.15) is 23.1 Å². The van der Waals surface area contributed by atoms with Crippen LogP contribution >= 0.6 is 11.6 Å². The molecular weight excluding hydrogens is 336 g/mol. The summed E-state index contributed by atoms with van der Waals surface area (Å²) in [5.41, 5.74) is 3.86. The fraction of sp³-hybridized carbons (Fsp3) is 0.300. The van der Waals surface area contributed by atoms with Gasteiger partial charge in [-0.05, 0) is 43.5 Å². The van der Waals surface area contributed by atoms with Crippen molar-refractivity contribution >= 4 is 29.1 Å². The Morgan fingerprint density at radius 1 is 1.08 bits per heavy atom. The van der Waals surface area contributed by atoms with Gasteiger partial charge in [-0.3, -0.25) is 9.59 Å². The van der Waals surface area contributed by atoms with E-state index in [0.717, 1.165) is 16.7 Å². The predicted octanol–water partition coefficient (Wildman–Crippen LogP) is 3.85. The van der Waals surface area contributed by atoms with Gasteiger partial charge in [-0.25, -0.2) is 0 Å². The number of carbonyl (C=O) groups is 2. The third kappa shape index (κ3) is 4.40. The van der Waals surface area contributed by atoms with Crippen molar-refractivity contribution in [3.8, 4) is 0 Å². The fourth-order valence-corrected chi connectivity index (χ4v) is 3.04. The van der Waals surface area contributed by atoms with E-state index >= 15 is 0 Å². The number of rotatable bonds is 5. The van der Waals surface area contributed by atoms with Gasteiger partial charge in [0.05, 0.1) is 11.8 Å². The predicted molar refractivity (Wildman–Crippen MR) is 99.4 cm³/mol. The zero-order valence-corrected chi connectivity index (χ0v) is 15.1. The van der Waals surface area contributed by atoms with E-state index in [1.165, 1.54) is 0 Å². The number of carbonyl (C=O) groups excluding carboxylic acids is 2. The highest BCUT2D eigenvalue weighted by molar-refractivity contribution is 6.31. The van der Waals surface area contributed by atoms with E-state index in [9.17, 15) is 9.59 Å². The van der Waals surface area contributed by atoms with Gasteiger partial charge in [0, 0.05) is 17.3 Å². The highest BCUT2D eigenvalue weighted by atomic mass is 35.5. The lowest BCUT2D eigenvalue weighted by Crippen LogP contribution is -2.27. The third-order valence-corrected chi connectivity index (χ3v) is 4.71. The van der Waals surface area contributed by atoms with Crippen LogP contribution in [0.4, 0.5) is 5.69 Å². The number of nitrogens with one attached hydrogen (secondary N) is 2. The quantitative estimate of drug-likeness (QED) is 0.854. The number of amides is 2. The zero-order chi connectivity index (χ0) is 18.0. The molecule has 3 rings (SSSR count). The molecule has 2 aromatic carbocycles. The number of halogens is 1. The molecule has 0 spiro atoms. The lowest BCUT2D eigenvalue weighted by Gasteiger charge is -2.09. The number of benzene rings is 2. The van der Waals surface area contributed by atoms with Crippen molar-refractivity contribution in [1.82, 2.24) is 5.32 Å². The molecule has 1 saturated carbocycles. The highest BCUT2D eigenvalue weighted by Crippen LogP contribution is 2.39. The molecule has 0 bridgehead atoms. The second kappa shape index (κ2) is 7.28. The van der Waals surface area contributed by atoms with Gasteiger partial charge >= 0.3 is 0 Å². The molecule has 2 atom stereocenters. The molecule has 4 nitrogen and oxygen atoms in total. The summed E-state index contributed by atoms with van der Waals surface area (Å²) in [6, 6.07) is 13.4. The average Bonchev–Trinajstić information content (AvgIpc) is 3.37. The van der Waals surface area contributed by atoms with E-state index in [-0.39, 0.29) is 23.7 Å². The lowest BCUT2D eigenvalue weighted by molar-refractivity contribution is -0.125. The molecule has 0 heterocycles. The van der Waals surface area contributed by atoms with Gasteiger partial charge < -0.3 is 10.6 Å². The maximum absolute atomic E-state index is 12.3. The molecule has 130 valence electrons. The van der Waals surface area contributed by atoms with Crippen molar-refractivity contribution in [2.24, 2.45) is 11.8 Å². The van der Waals surface area contributed by atoms with Crippen LogP contribution in [-0.4, -0.2) is 11.8 Å². The van der Waals surface area contributed by atoms with Crippen LogP contribution < -0.4 is 10.6 Å². The topological polar surface area (TPSA) is 58.2 Å². The van der Waals surface area contributed by atoms with Gasteiger partial charge in [0.1, 0.15) is 0 Å². The maximum Gasteiger partial charge on any atom is 0.228 e. The summed E-state index contributed by atoms with van der Waals surface area (Å²) in [4.78, 5) is 24.6. The van der Waals surface area contributed by atoms with E-state index < -0.39 is 0 Å². The summed E-state index contributed by atoms with van der Waals surface area (Å²) in [6.45, 7) is 4.41. The Balaban J connectivity index is 1.52. The van der Waals surface area contributed by atoms with Gasteiger partial charge in [0.15, 0.2) is 0 Å². The van der Waals surface area contributed by atoms with E-state index in [1.54, 1.807) is 12.1 Å². The molecular formula is C20H21ClN2O2. The highest BCUT2D eigenvalue weighted by Gasteiger charge is 2.47. The number of anilines is 1. The van der Waals surface area contributed by atoms with E-state index in [1.807, 2.05) is 44.2 Å². The first-order chi connectivity index (χ1) is 11.9. The third-order valence-electron chi connectivity index (χ3n) is 4.47. The van der Waals surface area contributed by atoms with Crippen molar-refractivity contribution in [3.05, 3.63) is 64.2 Å². The van der Waals surface area contributed by atoms with Gasteiger partial charge in [-0.2, -0.15) is 0 Å². The molecule has 0 radical (unpaired) electrons. The Hall–Kier alpha value is -2.33.